The summed E-state index contributed by atoms with van der Waals surface area (Å²) in [6.07, 6.45) is 6.84. The normalized spacial score (nSPS) is 14.2. The summed E-state index contributed by atoms with van der Waals surface area (Å²) in [5, 5.41) is 3.74. The van der Waals surface area contributed by atoms with Gasteiger partial charge in [0.05, 0.1) is 16.8 Å². The lowest BCUT2D eigenvalue weighted by molar-refractivity contribution is 0.0933. The standard InChI is InChI=1S/C20H20N4O2/c21-19(25)15-12-24(16-8-2-1-7-14(15)16)17-9-4-10-22-18(17)20(26)23-11-13-5-3-6-13/h1-2,4,7-10,12-13H,3,5-6,11H2,(H2,21,25)(H,23,26). The van der Waals surface area contributed by atoms with Crippen molar-refractivity contribution in [3.05, 3.63) is 60.0 Å². The first kappa shape index (κ1) is 16.3. The predicted octanol–water partition coefficient (Wildman–Crippen LogP) is 2.65. The minimum Gasteiger partial charge on any atom is -0.366 e. The van der Waals surface area contributed by atoms with E-state index < -0.39 is 5.91 Å². The van der Waals surface area contributed by atoms with Crippen LogP contribution >= 0.6 is 0 Å². The number of nitrogens with two attached hydrogens (primary N) is 1. The number of pyridine rings is 1. The fraction of sp³-hybridized carbons (Fsp3) is 0.250. The zero-order chi connectivity index (χ0) is 18.1. The number of fused-ring (bicyclic) bond motifs is 1. The first-order chi connectivity index (χ1) is 12.6. The van der Waals surface area contributed by atoms with Gasteiger partial charge in [0.1, 0.15) is 0 Å². The number of nitrogens with zero attached hydrogens (tertiary/aromatic N) is 2. The lowest BCUT2D eigenvalue weighted by atomic mass is 9.85. The second-order valence-electron chi connectivity index (χ2n) is 6.67. The highest BCUT2D eigenvalue weighted by Crippen LogP contribution is 2.27. The van der Waals surface area contributed by atoms with Gasteiger partial charge in [-0.2, -0.15) is 0 Å². The van der Waals surface area contributed by atoms with Crippen LogP contribution in [0.15, 0.2) is 48.8 Å². The summed E-state index contributed by atoms with van der Waals surface area (Å²) in [6, 6.07) is 11.1. The maximum absolute atomic E-state index is 12.7. The number of carbonyl (C=O) groups excluding carboxylic acids is 2. The van der Waals surface area contributed by atoms with Gasteiger partial charge in [-0.25, -0.2) is 4.98 Å². The minimum absolute atomic E-state index is 0.203. The molecule has 0 bridgehead atoms. The van der Waals surface area contributed by atoms with Crippen molar-refractivity contribution in [2.45, 2.75) is 19.3 Å². The van der Waals surface area contributed by atoms with Gasteiger partial charge >= 0.3 is 0 Å². The number of aromatic nitrogens is 2. The number of amides is 2. The summed E-state index contributed by atoms with van der Waals surface area (Å²) in [5.41, 5.74) is 7.72. The van der Waals surface area contributed by atoms with E-state index in [1.165, 1.54) is 19.3 Å². The van der Waals surface area contributed by atoms with Crippen molar-refractivity contribution in [1.29, 1.82) is 0 Å². The van der Waals surface area contributed by atoms with Crippen molar-refractivity contribution in [2.24, 2.45) is 11.7 Å². The molecule has 0 aliphatic heterocycles. The van der Waals surface area contributed by atoms with Crippen LogP contribution in [0.4, 0.5) is 0 Å². The third kappa shape index (κ3) is 2.83. The Hall–Kier alpha value is -3.15. The average Bonchev–Trinajstić information content (AvgIpc) is 3.00. The van der Waals surface area contributed by atoms with E-state index in [1.807, 2.05) is 30.3 Å². The lowest BCUT2D eigenvalue weighted by Gasteiger charge is -2.25. The fourth-order valence-corrected chi connectivity index (χ4v) is 3.36. The molecule has 1 aliphatic carbocycles. The van der Waals surface area contributed by atoms with Gasteiger partial charge in [0, 0.05) is 24.3 Å². The molecular formula is C20H20N4O2. The van der Waals surface area contributed by atoms with Crippen LogP contribution in [0.25, 0.3) is 16.6 Å². The third-order valence-electron chi connectivity index (χ3n) is 5.01. The molecule has 2 aromatic heterocycles. The molecule has 1 fully saturated rings. The van der Waals surface area contributed by atoms with Crippen LogP contribution in [0.5, 0.6) is 0 Å². The fourth-order valence-electron chi connectivity index (χ4n) is 3.36. The summed E-state index contributed by atoms with van der Waals surface area (Å²) in [7, 11) is 0. The van der Waals surface area contributed by atoms with E-state index in [4.69, 9.17) is 5.73 Å². The topological polar surface area (TPSA) is 90.0 Å². The molecule has 2 heterocycles. The number of rotatable bonds is 5. The first-order valence-electron chi connectivity index (χ1n) is 8.78. The van der Waals surface area contributed by atoms with Gasteiger partial charge in [0.2, 0.25) is 0 Å². The third-order valence-corrected chi connectivity index (χ3v) is 5.01. The summed E-state index contributed by atoms with van der Waals surface area (Å²) in [5.74, 6) is -0.134. The molecule has 4 rings (SSSR count). The van der Waals surface area contributed by atoms with Gasteiger partial charge in [0.25, 0.3) is 11.8 Å². The van der Waals surface area contributed by atoms with E-state index in [0.717, 1.165) is 10.9 Å². The highest BCUT2D eigenvalue weighted by molar-refractivity contribution is 6.07. The molecule has 6 heteroatoms. The molecule has 0 spiro atoms. The Kier molecular flexibility index (Phi) is 4.16. The molecule has 1 saturated carbocycles. The molecule has 26 heavy (non-hydrogen) atoms. The van der Waals surface area contributed by atoms with Gasteiger partial charge in [-0.1, -0.05) is 24.6 Å². The molecular weight excluding hydrogens is 328 g/mol. The summed E-state index contributed by atoms with van der Waals surface area (Å²) in [6.45, 7) is 0.674. The van der Waals surface area contributed by atoms with Crippen molar-refractivity contribution in [2.75, 3.05) is 6.54 Å². The SMILES string of the molecule is NC(=O)c1cn(-c2cccnc2C(=O)NCC2CCC2)c2ccccc12. The lowest BCUT2D eigenvalue weighted by Crippen LogP contribution is -2.33. The van der Waals surface area contributed by atoms with E-state index >= 15 is 0 Å². The molecule has 3 N–H and O–H groups in total. The Morgan fingerprint density at radius 2 is 2.00 bits per heavy atom. The van der Waals surface area contributed by atoms with E-state index in [0.29, 0.717) is 29.4 Å². The van der Waals surface area contributed by atoms with Crippen molar-refractivity contribution in [3.63, 3.8) is 0 Å². The molecule has 0 atom stereocenters. The Labute approximate surface area is 151 Å². The number of benzene rings is 1. The van der Waals surface area contributed by atoms with Crippen molar-refractivity contribution in [3.8, 4) is 5.69 Å². The van der Waals surface area contributed by atoms with Crippen molar-refractivity contribution in [1.82, 2.24) is 14.9 Å². The highest BCUT2D eigenvalue weighted by Gasteiger charge is 2.21. The zero-order valence-corrected chi connectivity index (χ0v) is 14.3. The second-order valence-corrected chi connectivity index (χ2v) is 6.67. The van der Waals surface area contributed by atoms with Gasteiger partial charge < -0.3 is 15.6 Å². The van der Waals surface area contributed by atoms with Gasteiger partial charge in [-0.05, 0) is 37.0 Å². The smallest absolute Gasteiger partial charge is 0.272 e. The highest BCUT2D eigenvalue weighted by atomic mass is 16.2. The molecule has 1 aliphatic rings. The predicted molar refractivity (Wildman–Crippen MR) is 99.3 cm³/mol. The van der Waals surface area contributed by atoms with Crippen LogP contribution < -0.4 is 11.1 Å². The quantitative estimate of drug-likeness (QED) is 0.743. The van der Waals surface area contributed by atoms with E-state index in [2.05, 4.69) is 10.3 Å². The molecule has 0 unspecified atom stereocenters. The second kappa shape index (κ2) is 6.63. The molecule has 132 valence electrons. The molecule has 3 aromatic rings. The van der Waals surface area contributed by atoms with E-state index in [1.54, 1.807) is 23.0 Å². The van der Waals surface area contributed by atoms with Crippen LogP contribution in [-0.2, 0) is 0 Å². The largest absolute Gasteiger partial charge is 0.366 e. The van der Waals surface area contributed by atoms with Crippen LogP contribution in [-0.4, -0.2) is 27.9 Å². The molecule has 1 aromatic carbocycles. The summed E-state index contributed by atoms with van der Waals surface area (Å²) in [4.78, 5) is 28.8. The summed E-state index contributed by atoms with van der Waals surface area (Å²) < 4.78 is 1.81. The number of nitrogens with one attached hydrogen (secondary N) is 1. The van der Waals surface area contributed by atoms with Crippen LogP contribution in [0.2, 0.25) is 0 Å². The molecule has 0 radical (unpaired) electrons. The van der Waals surface area contributed by atoms with Gasteiger partial charge in [-0.15, -0.1) is 0 Å². The monoisotopic (exact) mass is 348 g/mol. The van der Waals surface area contributed by atoms with E-state index in [9.17, 15) is 9.59 Å². The molecule has 0 saturated heterocycles. The number of hydrogen-bond acceptors (Lipinski definition) is 3. The average molecular weight is 348 g/mol. The zero-order valence-electron chi connectivity index (χ0n) is 14.3. The Morgan fingerprint density at radius 1 is 1.19 bits per heavy atom. The molecule has 2 amide bonds. The van der Waals surface area contributed by atoms with Crippen molar-refractivity contribution >= 4 is 22.7 Å². The maximum atomic E-state index is 12.7. The van der Waals surface area contributed by atoms with Crippen LogP contribution in [0.1, 0.15) is 40.1 Å². The van der Waals surface area contributed by atoms with Crippen LogP contribution in [0, 0.1) is 5.92 Å². The Balaban J connectivity index is 1.75. The van der Waals surface area contributed by atoms with E-state index in [-0.39, 0.29) is 5.91 Å². The van der Waals surface area contributed by atoms with Gasteiger partial charge in [-0.3, -0.25) is 9.59 Å². The number of carbonyl (C=O) groups is 2. The summed E-state index contributed by atoms with van der Waals surface area (Å²) >= 11 is 0. The number of hydrogen-bond donors (Lipinski definition) is 2. The van der Waals surface area contributed by atoms with Crippen LogP contribution in [0.3, 0.4) is 0 Å². The Bertz CT molecular complexity index is 988. The number of para-hydroxylation sites is 1. The minimum atomic E-state index is -0.500. The Morgan fingerprint density at radius 3 is 2.73 bits per heavy atom. The van der Waals surface area contributed by atoms with Crippen molar-refractivity contribution < 1.29 is 9.59 Å². The van der Waals surface area contributed by atoms with Gasteiger partial charge in [0.15, 0.2) is 5.69 Å². The maximum Gasteiger partial charge on any atom is 0.272 e. The first-order valence-corrected chi connectivity index (χ1v) is 8.78. The molecule has 6 nitrogen and oxygen atoms in total. The number of primary amides is 1.